The van der Waals surface area contributed by atoms with Gasteiger partial charge in [-0.3, -0.25) is 29.3 Å². The fourth-order valence-corrected chi connectivity index (χ4v) is 8.30. The lowest BCUT2D eigenvalue weighted by Gasteiger charge is -2.29. The minimum absolute atomic E-state index is 0.135. The Morgan fingerprint density at radius 1 is 0.817 bits per heavy atom. The van der Waals surface area contributed by atoms with Crippen LogP contribution in [0, 0.1) is 0 Å². The maximum atomic E-state index is 13.2. The van der Waals surface area contributed by atoms with Crippen LogP contribution in [0.1, 0.15) is 115 Å². The lowest BCUT2D eigenvalue weighted by Crippen LogP contribution is -2.52. The van der Waals surface area contributed by atoms with E-state index < -0.39 is 11.9 Å². The van der Waals surface area contributed by atoms with E-state index in [9.17, 15) is 24.0 Å². The molecule has 5 amide bonds. The average Bonchev–Trinajstić information content (AvgIpc) is 3.92. The first-order valence-corrected chi connectivity index (χ1v) is 24.5. The Balaban J connectivity index is 0.647. The van der Waals surface area contributed by atoms with Gasteiger partial charge >= 0.3 is 0 Å². The Kier molecular flexibility index (Phi) is 19.5. The van der Waals surface area contributed by atoms with E-state index >= 15 is 0 Å². The highest BCUT2D eigenvalue weighted by Gasteiger charge is 2.40. The van der Waals surface area contributed by atoms with E-state index in [1.54, 1.807) is 36.5 Å². The highest BCUT2D eigenvalue weighted by atomic mass is 16.5. The number of imide groups is 1. The van der Waals surface area contributed by atoms with E-state index in [0.29, 0.717) is 99.5 Å². The third-order valence-electron chi connectivity index (χ3n) is 12.3. The monoisotopic (exact) mass is 972 g/mol. The fourth-order valence-electron chi connectivity index (χ4n) is 8.30. The van der Waals surface area contributed by atoms with E-state index in [0.717, 1.165) is 61.3 Å². The second-order valence-corrected chi connectivity index (χ2v) is 17.5. The van der Waals surface area contributed by atoms with Gasteiger partial charge in [0.25, 0.3) is 11.8 Å². The number of carbonyl (C=O) groups is 5. The van der Waals surface area contributed by atoms with E-state index in [-0.39, 0.29) is 49.1 Å². The number of unbranched alkanes of at least 4 members (excludes halogenated alkanes) is 5. The molecule has 19 nitrogen and oxygen atoms in total. The number of hydrogen-bond donors (Lipinski definition) is 4. The number of benzene rings is 3. The van der Waals surface area contributed by atoms with Crippen molar-refractivity contribution in [3.8, 4) is 17.3 Å². The summed E-state index contributed by atoms with van der Waals surface area (Å²) in [6.45, 7) is 6.51. The van der Waals surface area contributed by atoms with Crippen molar-refractivity contribution in [1.29, 1.82) is 0 Å². The summed E-state index contributed by atoms with van der Waals surface area (Å²) in [6.07, 6.45) is 10.3. The van der Waals surface area contributed by atoms with Crippen LogP contribution in [-0.2, 0) is 48.7 Å². The standard InChI is InChI=1S/C52H64N10O9/c1-36(56-50(65)38-12-10-13-39(32-38)54-33-46-59-60-49(61(46)2)44-23-24-53-35-55-44)37-17-19-40(20-18-37)71-27-9-4-3-7-25-68-28-30-70-31-29-69-26-8-5-6-16-47(63)57-43-15-11-14-41-42(43)34-62(52(41)67)45-21-22-48(64)58-51(45)66/h10-15,17-20,23-24,32,35-36,45,54H,3-9,16,21-22,25-31,33-34H2,1-2H3,(H,56,65)(H,57,63)(H,58,64,66)/t36-,45?/m1/s1. The predicted octanol–water partition coefficient (Wildman–Crippen LogP) is 6.32. The number of rotatable bonds is 29. The van der Waals surface area contributed by atoms with Crippen LogP contribution in [0.5, 0.6) is 5.75 Å². The van der Waals surface area contributed by atoms with E-state index in [1.807, 2.05) is 61.0 Å². The first-order chi connectivity index (χ1) is 34.6. The van der Waals surface area contributed by atoms with Gasteiger partial charge in [-0.05, 0) is 99.5 Å². The molecule has 0 saturated carbocycles. The molecule has 2 aliphatic heterocycles. The van der Waals surface area contributed by atoms with Crippen LogP contribution in [0.4, 0.5) is 11.4 Å². The number of amides is 5. The van der Waals surface area contributed by atoms with Gasteiger partial charge in [-0.25, -0.2) is 9.97 Å². The van der Waals surface area contributed by atoms with Gasteiger partial charge in [-0.1, -0.05) is 37.1 Å². The predicted molar refractivity (Wildman–Crippen MR) is 264 cm³/mol. The second kappa shape index (κ2) is 26.8. The minimum Gasteiger partial charge on any atom is -0.494 e. The minimum atomic E-state index is -0.705. The summed E-state index contributed by atoms with van der Waals surface area (Å²) in [4.78, 5) is 72.6. The first-order valence-electron chi connectivity index (χ1n) is 24.5. The second-order valence-electron chi connectivity index (χ2n) is 17.5. The third kappa shape index (κ3) is 15.2. The maximum absolute atomic E-state index is 13.2. The summed E-state index contributed by atoms with van der Waals surface area (Å²) in [6, 6.07) is 21.2. The Labute approximate surface area is 413 Å². The van der Waals surface area contributed by atoms with E-state index in [4.69, 9.17) is 18.9 Å². The molecule has 0 spiro atoms. The molecule has 3 aromatic carbocycles. The number of nitrogens with zero attached hydrogens (tertiary/aromatic N) is 6. The van der Waals surface area contributed by atoms with Crippen molar-refractivity contribution in [1.82, 2.24) is 40.3 Å². The quantitative estimate of drug-likeness (QED) is 0.0304. The molecule has 19 heteroatoms. The summed E-state index contributed by atoms with van der Waals surface area (Å²) < 4.78 is 24.9. The van der Waals surface area contributed by atoms with Crippen molar-refractivity contribution >= 4 is 40.9 Å². The molecule has 0 radical (unpaired) electrons. The average molecular weight is 973 g/mol. The van der Waals surface area contributed by atoms with Crippen molar-refractivity contribution in [2.24, 2.45) is 7.05 Å². The molecule has 1 saturated heterocycles. The smallest absolute Gasteiger partial charge is 0.255 e. The zero-order valence-electron chi connectivity index (χ0n) is 40.5. The van der Waals surface area contributed by atoms with Gasteiger partial charge in [0.1, 0.15) is 23.8 Å². The van der Waals surface area contributed by atoms with Crippen molar-refractivity contribution in [3.63, 3.8) is 0 Å². The Bertz CT molecular complexity index is 2560. The summed E-state index contributed by atoms with van der Waals surface area (Å²) in [5.41, 5.74) is 4.72. The van der Waals surface area contributed by atoms with Gasteiger partial charge in [-0.15, -0.1) is 10.2 Å². The number of hydrogen-bond acceptors (Lipinski definition) is 14. The highest BCUT2D eigenvalue weighted by molar-refractivity contribution is 6.06. The lowest BCUT2D eigenvalue weighted by molar-refractivity contribution is -0.137. The van der Waals surface area contributed by atoms with Crippen LogP contribution >= 0.6 is 0 Å². The molecule has 7 rings (SSSR count). The third-order valence-corrected chi connectivity index (χ3v) is 12.3. The molecular formula is C52H64N10O9. The summed E-state index contributed by atoms with van der Waals surface area (Å²) in [5.74, 6) is 0.786. The normalized spacial score (nSPS) is 14.8. The number of anilines is 2. The molecular weight excluding hydrogens is 909 g/mol. The number of fused-ring (bicyclic) bond motifs is 1. The van der Waals surface area contributed by atoms with Crippen molar-refractivity contribution in [2.45, 2.75) is 96.3 Å². The zero-order valence-corrected chi connectivity index (χ0v) is 40.5. The largest absolute Gasteiger partial charge is 0.494 e. The number of aromatic nitrogens is 5. The Hall–Kier alpha value is -7.09. The Morgan fingerprint density at radius 3 is 2.27 bits per heavy atom. The summed E-state index contributed by atoms with van der Waals surface area (Å²) in [7, 11) is 1.88. The summed E-state index contributed by atoms with van der Waals surface area (Å²) >= 11 is 0. The highest BCUT2D eigenvalue weighted by Crippen LogP contribution is 2.32. The molecule has 71 heavy (non-hydrogen) atoms. The molecule has 2 aromatic heterocycles. The van der Waals surface area contributed by atoms with E-state index in [2.05, 4.69) is 41.4 Å². The molecule has 4 heterocycles. The van der Waals surface area contributed by atoms with Crippen LogP contribution in [0.2, 0.25) is 0 Å². The zero-order chi connectivity index (χ0) is 49.8. The number of carbonyl (C=O) groups excluding carboxylic acids is 5. The van der Waals surface area contributed by atoms with Crippen LogP contribution < -0.4 is 26.0 Å². The number of nitrogens with one attached hydrogen (secondary N) is 4. The fraction of sp³-hybridized carbons (Fsp3) is 0.442. The molecule has 4 N–H and O–H groups in total. The number of piperidine rings is 1. The molecule has 1 fully saturated rings. The topological polar surface area (TPSA) is 230 Å². The van der Waals surface area contributed by atoms with Crippen molar-refractivity contribution in [2.75, 3.05) is 56.9 Å². The van der Waals surface area contributed by atoms with Crippen LogP contribution in [-0.4, -0.2) is 111 Å². The van der Waals surface area contributed by atoms with Gasteiger partial charge in [-0.2, -0.15) is 0 Å². The maximum Gasteiger partial charge on any atom is 0.255 e. The molecule has 376 valence electrons. The van der Waals surface area contributed by atoms with Gasteiger partial charge in [0.05, 0.1) is 45.6 Å². The lowest BCUT2D eigenvalue weighted by atomic mass is 10.0. The van der Waals surface area contributed by atoms with Gasteiger partial charge in [0, 0.05) is 73.9 Å². The first kappa shape index (κ1) is 51.8. The van der Waals surface area contributed by atoms with E-state index in [1.165, 1.54) is 11.2 Å². The van der Waals surface area contributed by atoms with Crippen LogP contribution in [0.25, 0.3) is 11.5 Å². The van der Waals surface area contributed by atoms with Gasteiger partial charge in [0.15, 0.2) is 11.6 Å². The van der Waals surface area contributed by atoms with Crippen LogP contribution in [0.15, 0.2) is 85.3 Å². The molecule has 2 atom stereocenters. The molecule has 5 aromatic rings. The SMILES string of the molecule is C[C@@H](NC(=O)c1cccc(NCc2nnc(-c3ccncn3)n2C)c1)c1ccc(OCCCCCCOCCOCCOCCCCCC(=O)Nc2cccc3c2CN(C2CCC(=O)NC2=O)C3=O)cc1. The van der Waals surface area contributed by atoms with Crippen molar-refractivity contribution < 1.29 is 42.9 Å². The summed E-state index contributed by atoms with van der Waals surface area (Å²) in [5, 5.41) is 20.2. The van der Waals surface area contributed by atoms with Gasteiger partial charge < -0.3 is 44.4 Å². The molecule has 0 aliphatic carbocycles. The number of ether oxygens (including phenoxy) is 4. The molecule has 1 unspecified atom stereocenters. The van der Waals surface area contributed by atoms with Crippen molar-refractivity contribution in [3.05, 3.63) is 113 Å². The Morgan fingerprint density at radius 2 is 1.54 bits per heavy atom. The molecule has 0 bridgehead atoms. The molecule has 2 aliphatic rings. The van der Waals surface area contributed by atoms with Crippen LogP contribution in [0.3, 0.4) is 0 Å². The van der Waals surface area contributed by atoms with Gasteiger partial charge in [0.2, 0.25) is 17.7 Å².